The maximum atomic E-state index is 10.4. The highest BCUT2D eigenvalue weighted by Crippen LogP contribution is 2.10. The molecule has 1 rings (SSSR count). The van der Waals surface area contributed by atoms with Crippen LogP contribution in [0, 0.1) is 0 Å². The molecule has 2 N–H and O–H groups in total. The van der Waals surface area contributed by atoms with Gasteiger partial charge < -0.3 is 10.4 Å². The number of carboxylic acid groups (broad SMARTS) is 1. The molecule has 0 saturated carbocycles. The monoisotopic (exact) mass is 205 g/mol. The van der Waals surface area contributed by atoms with Crippen LogP contribution < -0.4 is 5.32 Å². The van der Waals surface area contributed by atoms with E-state index in [4.69, 9.17) is 5.11 Å². The lowest BCUT2D eigenvalue weighted by atomic mass is 10.1. The predicted molar refractivity (Wildman–Crippen MR) is 61.1 cm³/mol. The van der Waals surface area contributed by atoms with Crippen molar-refractivity contribution in [2.24, 2.45) is 0 Å². The molecule has 3 heteroatoms. The van der Waals surface area contributed by atoms with Gasteiger partial charge in [-0.2, -0.15) is 0 Å². The summed E-state index contributed by atoms with van der Waals surface area (Å²) < 4.78 is 0. The van der Waals surface area contributed by atoms with Crippen LogP contribution in [0.4, 0.5) is 5.69 Å². The van der Waals surface area contributed by atoms with Gasteiger partial charge in [-0.15, -0.1) is 6.58 Å². The van der Waals surface area contributed by atoms with Crippen LogP contribution in [0.2, 0.25) is 0 Å². The van der Waals surface area contributed by atoms with Crippen LogP contribution in [0.25, 0.3) is 0 Å². The zero-order valence-corrected chi connectivity index (χ0v) is 8.57. The summed E-state index contributed by atoms with van der Waals surface area (Å²) in [6, 6.07) is 7.77. The highest BCUT2D eigenvalue weighted by Gasteiger charge is 1.98. The van der Waals surface area contributed by atoms with Gasteiger partial charge in [-0.1, -0.05) is 18.2 Å². The van der Waals surface area contributed by atoms with Crippen LogP contribution in [-0.2, 0) is 11.2 Å². The normalized spacial score (nSPS) is 9.60. The Hall–Kier alpha value is -1.77. The highest BCUT2D eigenvalue weighted by molar-refractivity contribution is 5.67. The zero-order chi connectivity index (χ0) is 11.1. The van der Waals surface area contributed by atoms with E-state index in [1.165, 1.54) is 0 Å². The Kier molecular flexibility index (Phi) is 4.41. The molecule has 0 bridgehead atoms. The van der Waals surface area contributed by atoms with E-state index in [-0.39, 0.29) is 6.42 Å². The SMILES string of the molecule is C=CCNc1ccc(CCC(=O)O)cc1. The van der Waals surface area contributed by atoms with Gasteiger partial charge in [-0.3, -0.25) is 4.79 Å². The number of aliphatic carboxylic acids is 1. The minimum absolute atomic E-state index is 0.180. The van der Waals surface area contributed by atoms with Crippen molar-refractivity contribution < 1.29 is 9.90 Å². The van der Waals surface area contributed by atoms with Crippen molar-refractivity contribution in [3.8, 4) is 0 Å². The van der Waals surface area contributed by atoms with Crippen molar-refractivity contribution >= 4 is 11.7 Å². The number of anilines is 1. The van der Waals surface area contributed by atoms with Gasteiger partial charge in [0, 0.05) is 18.7 Å². The van der Waals surface area contributed by atoms with Crippen molar-refractivity contribution in [3.05, 3.63) is 42.5 Å². The molecular weight excluding hydrogens is 190 g/mol. The molecule has 1 aromatic carbocycles. The van der Waals surface area contributed by atoms with Gasteiger partial charge in [-0.25, -0.2) is 0 Å². The van der Waals surface area contributed by atoms with Crippen LogP contribution in [0.5, 0.6) is 0 Å². The first kappa shape index (κ1) is 11.3. The molecule has 0 amide bonds. The van der Waals surface area contributed by atoms with Gasteiger partial charge in [0.1, 0.15) is 0 Å². The van der Waals surface area contributed by atoms with Crippen molar-refractivity contribution in [1.82, 2.24) is 0 Å². The molecule has 0 radical (unpaired) electrons. The molecule has 0 fully saturated rings. The Morgan fingerprint density at radius 2 is 2.07 bits per heavy atom. The summed E-state index contributed by atoms with van der Waals surface area (Å²) in [4.78, 5) is 10.4. The Balaban J connectivity index is 2.48. The Morgan fingerprint density at radius 3 is 2.60 bits per heavy atom. The Morgan fingerprint density at radius 1 is 1.40 bits per heavy atom. The first-order valence-corrected chi connectivity index (χ1v) is 4.88. The molecule has 0 aromatic heterocycles. The van der Waals surface area contributed by atoms with Gasteiger partial charge in [0.2, 0.25) is 0 Å². The summed E-state index contributed by atoms with van der Waals surface area (Å²) in [5.74, 6) is -0.760. The van der Waals surface area contributed by atoms with Crippen LogP contribution in [-0.4, -0.2) is 17.6 Å². The van der Waals surface area contributed by atoms with E-state index in [2.05, 4.69) is 11.9 Å². The quantitative estimate of drug-likeness (QED) is 0.700. The minimum Gasteiger partial charge on any atom is -0.481 e. The van der Waals surface area contributed by atoms with E-state index in [1.807, 2.05) is 24.3 Å². The lowest BCUT2D eigenvalue weighted by molar-refractivity contribution is -0.136. The van der Waals surface area contributed by atoms with Crippen LogP contribution in [0.15, 0.2) is 36.9 Å². The third kappa shape index (κ3) is 4.31. The largest absolute Gasteiger partial charge is 0.481 e. The summed E-state index contributed by atoms with van der Waals surface area (Å²) in [5.41, 5.74) is 2.07. The summed E-state index contributed by atoms with van der Waals surface area (Å²) in [6.45, 7) is 4.35. The number of carbonyl (C=O) groups is 1. The number of nitrogens with one attached hydrogen (secondary N) is 1. The molecule has 0 saturated heterocycles. The number of carboxylic acids is 1. The van der Waals surface area contributed by atoms with Gasteiger partial charge in [-0.05, 0) is 24.1 Å². The summed E-state index contributed by atoms with van der Waals surface area (Å²) >= 11 is 0. The average Bonchev–Trinajstić information content (AvgIpc) is 2.25. The second kappa shape index (κ2) is 5.86. The number of hydrogen-bond acceptors (Lipinski definition) is 2. The molecule has 0 aliphatic carbocycles. The fraction of sp³-hybridized carbons (Fsp3) is 0.250. The van der Waals surface area contributed by atoms with Gasteiger partial charge in [0.15, 0.2) is 0 Å². The van der Waals surface area contributed by atoms with E-state index in [9.17, 15) is 4.79 Å². The third-order valence-corrected chi connectivity index (χ3v) is 2.03. The number of benzene rings is 1. The first-order chi connectivity index (χ1) is 7.22. The Bertz CT molecular complexity index is 330. The molecule has 0 aliphatic rings. The second-order valence-corrected chi connectivity index (χ2v) is 3.26. The summed E-state index contributed by atoms with van der Waals surface area (Å²) in [6.07, 6.45) is 2.55. The van der Waals surface area contributed by atoms with Gasteiger partial charge >= 0.3 is 5.97 Å². The van der Waals surface area contributed by atoms with Crippen LogP contribution >= 0.6 is 0 Å². The van der Waals surface area contributed by atoms with E-state index >= 15 is 0 Å². The molecule has 0 heterocycles. The molecule has 0 atom stereocenters. The van der Waals surface area contributed by atoms with Gasteiger partial charge in [0.25, 0.3) is 0 Å². The van der Waals surface area contributed by atoms with Crippen molar-refractivity contribution in [1.29, 1.82) is 0 Å². The van der Waals surface area contributed by atoms with Gasteiger partial charge in [0.05, 0.1) is 0 Å². The number of rotatable bonds is 6. The molecule has 0 unspecified atom stereocenters. The standard InChI is InChI=1S/C12H15NO2/c1-2-9-13-11-6-3-10(4-7-11)5-8-12(14)15/h2-4,6-7,13H,1,5,8-9H2,(H,14,15). The topological polar surface area (TPSA) is 49.3 Å². The molecule has 3 nitrogen and oxygen atoms in total. The summed E-state index contributed by atoms with van der Waals surface area (Å²) in [7, 11) is 0. The van der Waals surface area contributed by atoms with E-state index in [0.29, 0.717) is 6.42 Å². The van der Waals surface area contributed by atoms with E-state index in [0.717, 1.165) is 17.8 Å². The lowest BCUT2D eigenvalue weighted by Gasteiger charge is -2.04. The molecule has 0 aliphatic heterocycles. The highest BCUT2D eigenvalue weighted by atomic mass is 16.4. The predicted octanol–water partition coefficient (Wildman–Crippen LogP) is 2.30. The molecular formula is C12H15NO2. The maximum absolute atomic E-state index is 10.4. The average molecular weight is 205 g/mol. The third-order valence-electron chi connectivity index (χ3n) is 2.03. The number of hydrogen-bond donors (Lipinski definition) is 2. The van der Waals surface area contributed by atoms with Crippen molar-refractivity contribution in [3.63, 3.8) is 0 Å². The van der Waals surface area contributed by atoms with Crippen LogP contribution in [0.1, 0.15) is 12.0 Å². The fourth-order valence-corrected chi connectivity index (χ4v) is 1.23. The van der Waals surface area contributed by atoms with Crippen molar-refractivity contribution in [2.45, 2.75) is 12.8 Å². The van der Waals surface area contributed by atoms with Crippen LogP contribution in [0.3, 0.4) is 0 Å². The smallest absolute Gasteiger partial charge is 0.303 e. The molecule has 80 valence electrons. The molecule has 0 spiro atoms. The van der Waals surface area contributed by atoms with E-state index < -0.39 is 5.97 Å². The first-order valence-electron chi connectivity index (χ1n) is 4.88. The Labute approximate surface area is 89.4 Å². The zero-order valence-electron chi connectivity index (χ0n) is 8.57. The fourth-order valence-electron chi connectivity index (χ4n) is 1.23. The van der Waals surface area contributed by atoms with E-state index in [1.54, 1.807) is 6.08 Å². The lowest BCUT2D eigenvalue weighted by Crippen LogP contribution is -1.99. The molecule has 15 heavy (non-hydrogen) atoms. The van der Waals surface area contributed by atoms with Crippen molar-refractivity contribution in [2.75, 3.05) is 11.9 Å². The maximum Gasteiger partial charge on any atom is 0.303 e. The second-order valence-electron chi connectivity index (χ2n) is 3.26. The summed E-state index contributed by atoms with van der Waals surface area (Å²) in [5, 5.41) is 11.7. The minimum atomic E-state index is -0.760. The number of aryl methyl sites for hydroxylation is 1. The molecule has 1 aromatic rings.